The minimum atomic E-state index is -1.61. The Hall–Kier alpha value is -6.63. The molecule has 2 amide bonds. The van der Waals surface area contributed by atoms with Gasteiger partial charge in [0, 0.05) is 101 Å². The number of carboxylic acid groups (broad SMARTS) is 6. The molecular weight excluding hydrogens is 871 g/mol. The number of aromatic nitrogens is 4. The molecule has 21 heteroatoms. The molecule has 0 spiro atoms. The molecule has 4 atom stereocenters. The van der Waals surface area contributed by atoms with Crippen LogP contribution in [0.5, 0.6) is 0 Å². The fraction of sp³-hybridized carbons (Fsp3) is 0.429. The Kier molecular flexibility index (Phi) is 15.3. The first-order valence-electron chi connectivity index (χ1n) is 19.5. The molecule has 3 aliphatic rings. The predicted octanol–water partition coefficient (Wildman–Crippen LogP) is -5.26. The van der Waals surface area contributed by atoms with Crippen LogP contribution in [-0.2, 0) is 78.5 Å². The minimum Gasteiger partial charge on any atom is -0.664 e. The molecular formula is C42H40N6NiO14-8. The molecule has 5 heterocycles. The van der Waals surface area contributed by atoms with Crippen molar-refractivity contribution in [2.75, 3.05) is 0 Å². The molecule has 0 unspecified atom stereocenters. The molecule has 0 aliphatic carbocycles. The Balaban J connectivity index is 0.00000871. The van der Waals surface area contributed by atoms with Gasteiger partial charge in [0.1, 0.15) is 0 Å². The molecule has 2 aromatic heterocycles. The van der Waals surface area contributed by atoms with E-state index in [4.69, 9.17) is 21.4 Å². The van der Waals surface area contributed by atoms with Crippen molar-refractivity contribution in [1.82, 2.24) is 19.9 Å². The monoisotopic (exact) mass is 910 g/mol. The van der Waals surface area contributed by atoms with E-state index in [2.05, 4.69) is 9.97 Å². The second-order valence-electron chi connectivity index (χ2n) is 16.0. The second-order valence-corrected chi connectivity index (χ2v) is 16.0. The number of aliphatic carboxylic acids is 6. The standard InChI is InChI=1S/C42H48N6O14.Ni/c1-41(17-33(43)49)23(5-9-37(55)56)29-14-27-21(11-39(59)60)19(3-7-35(51)52)25(45-27)13-26-20(4-8-36(53)54)22(12-40(61)62)28(46-26)15-31-42(2,18-34(44)50)24(6-10-38(57)58)30(48-31)16-32(41)47-29;/h13-16,23-24H,3-12,17-18H2,1-2H3,(H12,43,44,45,46,47,48,49,50,51,52,53,54,55,56,57,58,59,60,61,62);/p-8/t23-,24-,41+,42+;/m1./s1. The van der Waals surface area contributed by atoms with Crippen LogP contribution in [0.3, 0.4) is 0 Å². The van der Waals surface area contributed by atoms with Gasteiger partial charge < -0.3 is 80.8 Å². The van der Waals surface area contributed by atoms with E-state index in [0.717, 1.165) is 0 Å². The summed E-state index contributed by atoms with van der Waals surface area (Å²) >= 11 is 0. The maximum absolute atomic E-state index is 12.8. The number of carbonyl (C=O) groups excluding carboxylic acids is 8. The summed E-state index contributed by atoms with van der Waals surface area (Å²) in [6.45, 7) is 3.14. The number of primary amides is 2. The summed E-state index contributed by atoms with van der Waals surface area (Å²) < 4.78 is 0. The second kappa shape index (κ2) is 19.6. The van der Waals surface area contributed by atoms with Crippen LogP contribution in [0.25, 0.3) is 22.2 Å². The molecule has 0 aromatic carbocycles. The number of nitrogens with two attached hydrogens (primary N) is 2. The number of hydrogen-bond donors (Lipinski definition) is 2. The van der Waals surface area contributed by atoms with Crippen molar-refractivity contribution < 1.29 is 85.5 Å². The van der Waals surface area contributed by atoms with E-state index in [1.807, 2.05) is 0 Å². The van der Waals surface area contributed by atoms with Gasteiger partial charge in [-0.25, -0.2) is 4.98 Å². The predicted molar refractivity (Wildman–Crippen MR) is 199 cm³/mol. The van der Waals surface area contributed by atoms with Gasteiger partial charge in [0.2, 0.25) is 11.8 Å². The van der Waals surface area contributed by atoms with Crippen molar-refractivity contribution in [2.45, 2.75) is 114 Å². The van der Waals surface area contributed by atoms with Crippen LogP contribution in [0.4, 0.5) is 0 Å². The number of rotatable bonds is 20. The molecule has 8 bridgehead atoms. The summed E-state index contributed by atoms with van der Waals surface area (Å²) in [6.07, 6.45) is -6.07. The van der Waals surface area contributed by atoms with Gasteiger partial charge in [-0.15, -0.1) is 11.0 Å². The summed E-state index contributed by atoms with van der Waals surface area (Å²) in [4.78, 5) is 116. The third-order valence-electron chi connectivity index (χ3n) is 11.6. The molecule has 3 aliphatic heterocycles. The number of carboxylic acids is 6. The van der Waals surface area contributed by atoms with Crippen molar-refractivity contribution in [1.29, 1.82) is 0 Å². The summed E-state index contributed by atoms with van der Waals surface area (Å²) in [5.74, 6) is -12.8. The third-order valence-corrected chi connectivity index (χ3v) is 11.6. The molecule has 0 fully saturated rings. The molecule has 0 saturated carbocycles. The van der Waals surface area contributed by atoms with Crippen molar-refractivity contribution in [2.24, 2.45) is 11.5 Å². The summed E-state index contributed by atoms with van der Waals surface area (Å²) in [5, 5.41) is 71.8. The average Bonchev–Trinajstić information content (AvgIpc) is 3.77. The summed E-state index contributed by atoms with van der Waals surface area (Å²) in [5.41, 5.74) is 8.62. The summed E-state index contributed by atoms with van der Waals surface area (Å²) in [7, 11) is 0. The number of amides is 2. The van der Waals surface area contributed by atoms with Gasteiger partial charge in [0.05, 0.1) is 11.4 Å². The van der Waals surface area contributed by atoms with E-state index in [1.54, 1.807) is 13.8 Å². The molecule has 340 valence electrons. The zero-order valence-corrected chi connectivity index (χ0v) is 34.9. The Morgan fingerprint density at radius 3 is 1.67 bits per heavy atom. The van der Waals surface area contributed by atoms with Crippen LogP contribution in [0.2, 0.25) is 0 Å². The van der Waals surface area contributed by atoms with E-state index < -0.39 is 122 Å². The van der Waals surface area contributed by atoms with Gasteiger partial charge in [-0.1, -0.05) is 49.2 Å². The zero-order valence-electron chi connectivity index (χ0n) is 33.9. The molecule has 63 heavy (non-hydrogen) atoms. The number of nitrogens with zero attached hydrogens (tertiary/aromatic N) is 4. The number of aryl methyl sites for hydroxylation is 1. The van der Waals surface area contributed by atoms with E-state index in [9.17, 15) is 69.0 Å². The van der Waals surface area contributed by atoms with Crippen molar-refractivity contribution in [3.05, 3.63) is 69.6 Å². The normalized spacial score (nSPS) is 19.7. The largest absolute Gasteiger partial charge is 0.664 e. The van der Waals surface area contributed by atoms with Crippen LogP contribution in [0, 0.1) is 0 Å². The van der Waals surface area contributed by atoms with Crippen molar-refractivity contribution in [3.8, 4) is 0 Å². The maximum atomic E-state index is 12.8. The molecule has 0 saturated heterocycles. The van der Waals surface area contributed by atoms with Gasteiger partial charge in [0.15, 0.2) is 0 Å². The number of allylic oxidation sites excluding steroid dienone is 1. The SMILES string of the molecule is C[C@@]1(CC(N)=O)c2cc3[n-]c(cc4nc(cc5[n-]c(cc(n2)[C@H]1CCC(=O)[O-])[C@@](C)(CC(N)=O)[C@@H]5CCC(=O)[O-])C(CC(=O)[O-])=C4CCC(=O)[O-])c(CCC(=O)[O-])c3CC(=O)[O-].[Ni]. The maximum Gasteiger partial charge on any atom is 0.218 e. The van der Waals surface area contributed by atoms with Crippen LogP contribution < -0.4 is 52.1 Å². The quantitative estimate of drug-likeness (QED) is 0.117. The first-order valence-corrected chi connectivity index (χ1v) is 19.5. The molecule has 5 rings (SSSR count). The van der Waals surface area contributed by atoms with Crippen molar-refractivity contribution >= 4 is 69.8 Å². The van der Waals surface area contributed by atoms with Crippen LogP contribution in [-0.4, -0.2) is 57.6 Å². The average molecular weight is 912 g/mol. The van der Waals surface area contributed by atoms with Crippen LogP contribution >= 0.6 is 0 Å². The Labute approximate surface area is 368 Å². The van der Waals surface area contributed by atoms with Gasteiger partial charge in [-0.2, -0.15) is 11.4 Å². The Bertz CT molecular complexity index is 2490. The van der Waals surface area contributed by atoms with E-state index in [-0.39, 0.29) is 110 Å². The van der Waals surface area contributed by atoms with Crippen LogP contribution in [0.15, 0.2) is 24.3 Å². The number of carbonyl (C=O) groups is 8. The minimum absolute atomic E-state index is 0. The van der Waals surface area contributed by atoms with E-state index in [0.29, 0.717) is 0 Å². The van der Waals surface area contributed by atoms with Crippen molar-refractivity contribution in [3.63, 3.8) is 0 Å². The smallest absolute Gasteiger partial charge is 0.218 e. The van der Waals surface area contributed by atoms with Gasteiger partial charge in [0.25, 0.3) is 0 Å². The Morgan fingerprint density at radius 2 is 1.11 bits per heavy atom. The van der Waals surface area contributed by atoms with Gasteiger partial charge in [-0.3, -0.25) is 14.6 Å². The zero-order chi connectivity index (χ0) is 45.8. The van der Waals surface area contributed by atoms with E-state index >= 15 is 0 Å². The third kappa shape index (κ3) is 11.1. The number of hydrogen-bond acceptors (Lipinski definition) is 16. The number of fused-ring (bicyclic) bond motifs is 8. The fourth-order valence-corrected chi connectivity index (χ4v) is 8.83. The molecule has 0 radical (unpaired) electrons. The van der Waals surface area contributed by atoms with Gasteiger partial charge in [-0.05, 0) is 73.8 Å². The first kappa shape index (κ1) is 49.0. The summed E-state index contributed by atoms with van der Waals surface area (Å²) in [6, 6.07) is 5.37. The molecule has 4 N–H and O–H groups in total. The fourth-order valence-electron chi connectivity index (χ4n) is 8.83. The van der Waals surface area contributed by atoms with E-state index in [1.165, 1.54) is 24.3 Å². The topological polar surface area (TPSA) is 381 Å². The first-order chi connectivity index (χ1) is 29.0. The molecule has 2 aromatic rings. The van der Waals surface area contributed by atoms with Crippen LogP contribution in [0.1, 0.15) is 135 Å². The Morgan fingerprint density at radius 1 is 0.587 bits per heavy atom. The molecule has 20 nitrogen and oxygen atoms in total. The van der Waals surface area contributed by atoms with Gasteiger partial charge >= 0.3 is 0 Å².